The summed E-state index contributed by atoms with van der Waals surface area (Å²) in [5, 5.41) is 0.479. The summed E-state index contributed by atoms with van der Waals surface area (Å²) in [5.74, 6) is -1.92. The number of amides is 2. The quantitative estimate of drug-likeness (QED) is 0.732. The molecule has 0 saturated heterocycles. The third kappa shape index (κ3) is 3.64. The van der Waals surface area contributed by atoms with Gasteiger partial charge in [-0.2, -0.15) is 0 Å². The molecule has 19 heavy (non-hydrogen) atoms. The van der Waals surface area contributed by atoms with Crippen molar-refractivity contribution in [2.45, 2.75) is 34.6 Å². The van der Waals surface area contributed by atoms with Crippen molar-refractivity contribution >= 4 is 17.8 Å². The van der Waals surface area contributed by atoms with E-state index in [1.165, 1.54) is 12.1 Å². The van der Waals surface area contributed by atoms with Crippen LogP contribution in [-0.2, 0) is 9.63 Å². The second-order valence-corrected chi connectivity index (χ2v) is 3.03. The summed E-state index contributed by atoms with van der Waals surface area (Å²) in [4.78, 5) is 38.3. The van der Waals surface area contributed by atoms with Gasteiger partial charge >= 0.3 is 5.97 Å². The van der Waals surface area contributed by atoms with Gasteiger partial charge in [-0.1, -0.05) is 44.9 Å². The van der Waals surface area contributed by atoms with Crippen LogP contribution in [0.5, 0.6) is 0 Å². The fourth-order valence-electron chi connectivity index (χ4n) is 1.38. The smallest absolute Gasteiger partial charge is 0.330 e. The maximum atomic E-state index is 11.6. The van der Waals surface area contributed by atoms with Gasteiger partial charge in [0.1, 0.15) is 0 Å². The first kappa shape index (κ1) is 16.8. The van der Waals surface area contributed by atoms with E-state index < -0.39 is 17.8 Å². The Morgan fingerprint density at radius 2 is 1.32 bits per heavy atom. The first-order valence-corrected chi connectivity index (χ1v) is 6.27. The van der Waals surface area contributed by atoms with Crippen LogP contribution in [0.4, 0.5) is 0 Å². The molecule has 0 unspecified atom stereocenters. The standard InChI is InChI=1S/C10H7NO4.2C2H6/c1-6(12)15-11-9(13)7-4-2-3-5-8(7)10(11)14;2*1-2/h2-5H,1H3;2*1-2H3. The summed E-state index contributed by atoms with van der Waals surface area (Å²) >= 11 is 0. The SMILES string of the molecule is CC.CC.CC(=O)ON1C(=O)c2ccccc2C1=O. The highest BCUT2D eigenvalue weighted by Gasteiger charge is 2.37. The highest BCUT2D eigenvalue weighted by molar-refractivity contribution is 6.20. The van der Waals surface area contributed by atoms with Gasteiger partial charge in [0.15, 0.2) is 0 Å². The monoisotopic (exact) mass is 265 g/mol. The number of hydroxylamine groups is 2. The molecule has 0 fully saturated rings. The molecule has 0 radical (unpaired) electrons. The lowest BCUT2D eigenvalue weighted by molar-refractivity contribution is -0.165. The van der Waals surface area contributed by atoms with Crippen molar-refractivity contribution in [1.29, 1.82) is 0 Å². The average molecular weight is 265 g/mol. The van der Waals surface area contributed by atoms with Crippen molar-refractivity contribution < 1.29 is 19.2 Å². The third-order valence-electron chi connectivity index (χ3n) is 1.98. The van der Waals surface area contributed by atoms with Crippen molar-refractivity contribution in [2.75, 3.05) is 0 Å². The van der Waals surface area contributed by atoms with E-state index in [2.05, 4.69) is 4.84 Å². The number of carbonyl (C=O) groups excluding carboxylic acids is 3. The van der Waals surface area contributed by atoms with Crippen LogP contribution < -0.4 is 0 Å². The predicted octanol–water partition coefficient (Wildman–Crippen LogP) is 2.81. The molecule has 0 aliphatic carbocycles. The normalized spacial score (nSPS) is 11.7. The Bertz CT molecular complexity index is 433. The topological polar surface area (TPSA) is 63.7 Å². The van der Waals surface area contributed by atoms with E-state index in [1.54, 1.807) is 12.1 Å². The molecule has 5 nitrogen and oxygen atoms in total. The van der Waals surface area contributed by atoms with Crippen LogP contribution in [0.2, 0.25) is 0 Å². The maximum Gasteiger partial charge on any atom is 0.330 e. The summed E-state index contributed by atoms with van der Waals surface area (Å²) < 4.78 is 0. The number of fused-ring (bicyclic) bond motifs is 1. The van der Waals surface area contributed by atoms with Crippen LogP contribution >= 0.6 is 0 Å². The lowest BCUT2D eigenvalue weighted by Crippen LogP contribution is -2.31. The largest absolute Gasteiger partial charge is 0.330 e. The van der Waals surface area contributed by atoms with Gasteiger partial charge < -0.3 is 4.84 Å². The minimum Gasteiger partial charge on any atom is -0.330 e. The van der Waals surface area contributed by atoms with Crippen LogP contribution in [0.3, 0.4) is 0 Å². The van der Waals surface area contributed by atoms with Crippen molar-refractivity contribution in [3.05, 3.63) is 35.4 Å². The van der Waals surface area contributed by atoms with Gasteiger partial charge in [-0.3, -0.25) is 9.59 Å². The van der Waals surface area contributed by atoms with E-state index in [9.17, 15) is 14.4 Å². The van der Waals surface area contributed by atoms with Crippen LogP contribution in [0, 0.1) is 0 Å². The third-order valence-corrected chi connectivity index (χ3v) is 1.98. The van der Waals surface area contributed by atoms with Crippen LogP contribution in [0.15, 0.2) is 24.3 Å². The molecule has 0 aromatic heterocycles. The highest BCUT2D eigenvalue weighted by atomic mass is 16.7. The highest BCUT2D eigenvalue weighted by Crippen LogP contribution is 2.22. The lowest BCUT2D eigenvalue weighted by atomic mass is 10.1. The Balaban J connectivity index is 0.000000741. The molecule has 0 saturated carbocycles. The summed E-state index contributed by atoms with van der Waals surface area (Å²) in [6.45, 7) is 9.13. The van der Waals surface area contributed by atoms with Gasteiger partial charge in [0, 0.05) is 6.92 Å². The second-order valence-electron chi connectivity index (χ2n) is 3.03. The molecule has 5 heteroatoms. The summed E-state index contributed by atoms with van der Waals surface area (Å²) in [5.41, 5.74) is 0.507. The van der Waals surface area contributed by atoms with Crippen LogP contribution in [0.1, 0.15) is 55.3 Å². The number of hydrogen-bond donors (Lipinski definition) is 0. The van der Waals surface area contributed by atoms with Gasteiger partial charge in [-0.25, -0.2) is 4.79 Å². The van der Waals surface area contributed by atoms with E-state index in [1.807, 2.05) is 27.7 Å². The zero-order valence-electron chi connectivity index (χ0n) is 11.9. The average Bonchev–Trinajstić information content (AvgIpc) is 2.69. The van der Waals surface area contributed by atoms with E-state index in [-0.39, 0.29) is 11.1 Å². The molecule has 0 spiro atoms. The molecule has 1 aromatic carbocycles. The number of hydrogen-bond acceptors (Lipinski definition) is 4. The second kappa shape index (κ2) is 8.02. The first-order valence-electron chi connectivity index (χ1n) is 6.27. The molecule has 1 aliphatic heterocycles. The van der Waals surface area contributed by atoms with Crippen molar-refractivity contribution in [3.63, 3.8) is 0 Å². The Labute approximate surface area is 113 Å². The zero-order chi connectivity index (χ0) is 15.0. The summed E-state index contributed by atoms with van der Waals surface area (Å²) in [6.07, 6.45) is 0. The minimum absolute atomic E-state index is 0.253. The fourth-order valence-corrected chi connectivity index (χ4v) is 1.38. The van der Waals surface area contributed by atoms with Gasteiger partial charge in [0.05, 0.1) is 11.1 Å². The molecule has 104 valence electrons. The molecule has 2 rings (SSSR count). The molecule has 1 heterocycles. The number of imide groups is 1. The van der Waals surface area contributed by atoms with E-state index in [0.29, 0.717) is 5.06 Å². The molecular weight excluding hydrogens is 246 g/mol. The number of nitrogens with zero attached hydrogens (tertiary/aromatic N) is 1. The molecule has 1 aromatic rings. The minimum atomic E-state index is -0.704. The lowest BCUT2D eigenvalue weighted by Gasteiger charge is -2.10. The van der Waals surface area contributed by atoms with Gasteiger partial charge in [-0.05, 0) is 12.1 Å². The Kier molecular flexibility index (Phi) is 7.11. The van der Waals surface area contributed by atoms with Gasteiger partial charge in [-0.15, -0.1) is 0 Å². The fraction of sp³-hybridized carbons (Fsp3) is 0.357. The van der Waals surface area contributed by atoms with Crippen LogP contribution in [-0.4, -0.2) is 22.8 Å². The summed E-state index contributed by atoms with van der Waals surface area (Å²) in [6, 6.07) is 6.31. The Hall–Kier alpha value is -2.17. The molecule has 2 amide bonds. The van der Waals surface area contributed by atoms with E-state index in [4.69, 9.17) is 0 Å². The molecule has 1 aliphatic rings. The zero-order valence-corrected chi connectivity index (χ0v) is 11.9. The molecule has 0 bridgehead atoms. The molecular formula is C14H19NO4. The van der Waals surface area contributed by atoms with Crippen molar-refractivity contribution in [2.24, 2.45) is 0 Å². The van der Waals surface area contributed by atoms with Crippen molar-refractivity contribution in [1.82, 2.24) is 5.06 Å². The van der Waals surface area contributed by atoms with Crippen LogP contribution in [0.25, 0.3) is 0 Å². The maximum absolute atomic E-state index is 11.6. The number of benzene rings is 1. The van der Waals surface area contributed by atoms with Gasteiger partial charge in [0.25, 0.3) is 11.8 Å². The Morgan fingerprint density at radius 1 is 0.947 bits per heavy atom. The predicted molar refractivity (Wildman–Crippen MR) is 71.4 cm³/mol. The number of carbonyl (C=O) groups is 3. The Morgan fingerprint density at radius 3 is 1.63 bits per heavy atom. The van der Waals surface area contributed by atoms with Crippen molar-refractivity contribution in [3.8, 4) is 0 Å². The first-order chi connectivity index (χ1) is 9.11. The molecule has 0 N–H and O–H groups in total. The van der Waals surface area contributed by atoms with Gasteiger partial charge in [0.2, 0.25) is 0 Å². The summed E-state index contributed by atoms with van der Waals surface area (Å²) in [7, 11) is 0. The van der Waals surface area contributed by atoms with E-state index in [0.717, 1.165) is 6.92 Å². The molecule has 0 atom stereocenters. The number of rotatable bonds is 1. The van der Waals surface area contributed by atoms with E-state index >= 15 is 0 Å².